The van der Waals surface area contributed by atoms with E-state index < -0.39 is 5.91 Å². The fraction of sp³-hybridized carbons (Fsp3) is 0.154. The molecule has 8 heteroatoms. The van der Waals surface area contributed by atoms with Crippen LogP contribution < -0.4 is 24.3 Å². The number of rotatable bonds is 9. The van der Waals surface area contributed by atoms with Crippen molar-refractivity contribution in [2.24, 2.45) is 0 Å². The molecule has 0 saturated heterocycles. The van der Waals surface area contributed by atoms with E-state index in [-0.39, 0.29) is 5.57 Å². The Morgan fingerprint density at radius 2 is 1.65 bits per heavy atom. The smallest absolute Gasteiger partial charge is 0.266 e. The first-order chi connectivity index (χ1) is 16.5. The van der Waals surface area contributed by atoms with Crippen molar-refractivity contribution in [1.29, 1.82) is 5.26 Å². The van der Waals surface area contributed by atoms with Gasteiger partial charge in [0, 0.05) is 12.1 Å². The predicted octanol–water partition coefficient (Wildman–Crippen LogP) is 5.49. The van der Waals surface area contributed by atoms with Gasteiger partial charge in [-0.1, -0.05) is 48.0 Å². The van der Waals surface area contributed by atoms with E-state index >= 15 is 0 Å². The standard InChI is InChI=1S/C26H23ClN2O5/c1-31-23-14-21(24(32-2)13-20(23)27)29-26(30)19(15-28)11-18-9-10-22(25(12-18)33-3)34-16-17-7-5-4-6-8-17/h4-14H,16H2,1-3H3,(H,29,30)/b19-11+. The molecule has 0 saturated carbocycles. The molecule has 3 rings (SSSR count). The summed E-state index contributed by atoms with van der Waals surface area (Å²) in [6.45, 7) is 0.380. The Labute approximate surface area is 203 Å². The molecule has 34 heavy (non-hydrogen) atoms. The van der Waals surface area contributed by atoms with Crippen LogP contribution in [0.4, 0.5) is 5.69 Å². The molecule has 0 aromatic heterocycles. The first-order valence-corrected chi connectivity index (χ1v) is 10.6. The van der Waals surface area contributed by atoms with E-state index in [4.69, 9.17) is 30.5 Å². The van der Waals surface area contributed by atoms with Crippen molar-refractivity contribution >= 4 is 29.3 Å². The number of methoxy groups -OCH3 is 3. The summed E-state index contributed by atoms with van der Waals surface area (Å²) in [5.41, 5.74) is 1.82. The lowest BCUT2D eigenvalue weighted by Crippen LogP contribution is -2.14. The zero-order valence-electron chi connectivity index (χ0n) is 18.9. The van der Waals surface area contributed by atoms with Crippen LogP contribution in [0.1, 0.15) is 11.1 Å². The average Bonchev–Trinajstić information content (AvgIpc) is 2.87. The minimum absolute atomic E-state index is 0.115. The summed E-state index contributed by atoms with van der Waals surface area (Å²) >= 11 is 6.11. The monoisotopic (exact) mass is 478 g/mol. The van der Waals surface area contributed by atoms with Gasteiger partial charge in [-0.25, -0.2) is 0 Å². The number of nitrogens with zero attached hydrogens (tertiary/aromatic N) is 1. The Bertz CT molecular complexity index is 1240. The van der Waals surface area contributed by atoms with E-state index in [0.717, 1.165) is 5.56 Å². The highest BCUT2D eigenvalue weighted by atomic mass is 35.5. The van der Waals surface area contributed by atoms with E-state index in [9.17, 15) is 10.1 Å². The van der Waals surface area contributed by atoms with Crippen molar-refractivity contribution in [3.63, 3.8) is 0 Å². The van der Waals surface area contributed by atoms with Crippen LogP contribution in [0.25, 0.3) is 6.08 Å². The Morgan fingerprint density at radius 3 is 2.29 bits per heavy atom. The largest absolute Gasteiger partial charge is 0.495 e. The number of ether oxygens (including phenoxy) is 4. The molecule has 0 aliphatic rings. The van der Waals surface area contributed by atoms with Crippen LogP contribution in [0.3, 0.4) is 0 Å². The van der Waals surface area contributed by atoms with Gasteiger partial charge in [-0.3, -0.25) is 4.79 Å². The number of carbonyl (C=O) groups excluding carboxylic acids is 1. The van der Waals surface area contributed by atoms with Crippen molar-refractivity contribution in [2.45, 2.75) is 6.61 Å². The highest BCUT2D eigenvalue weighted by Crippen LogP contribution is 2.36. The van der Waals surface area contributed by atoms with Crippen LogP contribution >= 0.6 is 11.6 Å². The molecule has 0 spiro atoms. The maximum Gasteiger partial charge on any atom is 0.266 e. The molecule has 0 radical (unpaired) electrons. The lowest BCUT2D eigenvalue weighted by molar-refractivity contribution is -0.112. The van der Waals surface area contributed by atoms with Gasteiger partial charge in [-0.15, -0.1) is 0 Å². The molecular weight excluding hydrogens is 456 g/mol. The van der Waals surface area contributed by atoms with Gasteiger partial charge >= 0.3 is 0 Å². The Hall–Kier alpha value is -4.15. The molecule has 3 aromatic rings. The first-order valence-electron chi connectivity index (χ1n) is 10.2. The molecule has 0 unspecified atom stereocenters. The predicted molar refractivity (Wildman–Crippen MR) is 131 cm³/mol. The van der Waals surface area contributed by atoms with Gasteiger partial charge in [0.1, 0.15) is 29.7 Å². The zero-order chi connectivity index (χ0) is 24.5. The molecule has 0 heterocycles. The number of halogens is 1. The Balaban J connectivity index is 1.80. The second kappa shape index (κ2) is 11.6. The summed E-state index contributed by atoms with van der Waals surface area (Å²) in [6, 6.07) is 19.9. The summed E-state index contributed by atoms with van der Waals surface area (Å²) in [6.07, 6.45) is 1.46. The lowest BCUT2D eigenvalue weighted by Gasteiger charge is -2.13. The summed E-state index contributed by atoms with van der Waals surface area (Å²) in [5.74, 6) is 1.10. The van der Waals surface area contributed by atoms with Crippen molar-refractivity contribution < 1.29 is 23.7 Å². The summed E-state index contributed by atoms with van der Waals surface area (Å²) in [5, 5.41) is 12.6. The minimum atomic E-state index is -0.617. The summed E-state index contributed by atoms with van der Waals surface area (Å²) < 4.78 is 21.7. The molecule has 0 aliphatic heterocycles. The Morgan fingerprint density at radius 1 is 0.941 bits per heavy atom. The number of nitriles is 1. The average molecular weight is 479 g/mol. The topological polar surface area (TPSA) is 89.8 Å². The molecule has 0 fully saturated rings. The number of hydrogen-bond acceptors (Lipinski definition) is 6. The quantitative estimate of drug-likeness (QED) is 0.323. The van der Waals surface area contributed by atoms with Gasteiger partial charge in [0.25, 0.3) is 5.91 Å². The van der Waals surface area contributed by atoms with Gasteiger partial charge < -0.3 is 24.3 Å². The molecule has 0 bridgehead atoms. The molecule has 174 valence electrons. The molecule has 1 N–H and O–H groups in total. The van der Waals surface area contributed by atoms with E-state index in [2.05, 4.69) is 5.32 Å². The number of amides is 1. The number of hydrogen-bond donors (Lipinski definition) is 1. The molecule has 0 atom stereocenters. The van der Waals surface area contributed by atoms with E-state index in [1.165, 1.54) is 39.5 Å². The second-order valence-electron chi connectivity index (χ2n) is 7.00. The van der Waals surface area contributed by atoms with Crippen molar-refractivity contribution in [1.82, 2.24) is 0 Å². The molecule has 7 nitrogen and oxygen atoms in total. The highest BCUT2D eigenvalue weighted by Gasteiger charge is 2.16. The maximum absolute atomic E-state index is 12.8. The molecule has 0 aliphatic carbocycles. The first kappa shape index (κ1) is 24.5. The third kappa shape index (κ3) is 6.00. The van der Waals surface area contributed by atoms with Crippen LogP contribution in [0.5, 0.6) is 23.0 Å². The van der Waals surface area contributed by atoms with Crippen LogP contribution in [0.2, 0.25) is 5.02 Å². The normalized spacial score (nSPS) is 10.7. The van der Waals surface area contributed by atoms with Crippen LogP contribution in [0.15, 0.2) is 66.2 Å². The summed E-state index contributed by atoms with van der Waals surface area (Å²) in [4.78, 5) is 12.8. The number of benzene rings is 3. The van der Waals surface area contributed by atoms with Gasteiger partial charge in [0.2, 0.25) is 0 Å². The van der Waals surface area contributed by atoms with Gasteiger partial charge in [0.15, 0.2) is 11.5 Å². The SMILES string of the molecule is COc1cc(NC(=O)/C(C#N)=C/c2ccc(OCc3ccccc3)c(OC)c2)c(OC)cc1Cl. The van der Waals surface area contributed by atoms with Gasteiger partial charge in [-0.2, -0.15) is 5.26 Å². The van der Waals surface area contributed by atoms with Crippen LogP contribution in [0, 0.1) is 11.3 Å². The molecule has 1 amide bonds. The maximum atomic E-state index is 12.8. The third-order valence-electron chi connectivity index (χ3n) is 4.82. The molecular formula is C26H23ClN2O5. The van der Waals surface area contributed by atoms with Gasteiger partial charge in [-0.05, 0) is 29.3 Å². The third-order valence-corrected chi connectivity index (χ3v) is 5.12. The highest BCUT2D eigenvalue weighted by molar-refractivity contribution is 6.32. The zero-order valence-corrected chi connectivity index (χ0v) is 19.7. The van der Waals surface area contributed by atoms with Crippen molar-refractivity contribution in [3.05, 3.63) is 82.4 Å². The van der Waals surface area contributed by atoms with E-state index in [1.54, 1.807) is 18.2 Å². The minimum Gasteiger partial charge on any atom is -0.495 e. The van der Waals surface area contributed by atoms with Crippen LogP contribution in [-0.2, 0) is 11.4 Å². The number of nitrogens with one attached hydrogen (secondary N) is 1. The van der Waals surface area contributed by atoms with Crippen LogP contribution in [-0.4, -0.2) is 27.2 Å². The summed E-state index contributed by atoms with van der Waals surface area (Å²) in [7, 11) is 4.43. The lowest BCUT2D eigenvalue weighted by atomic mass is 10.1. The fourth-order valence-electron chi connectivity index (χ4n) is 3.09. The van der Waals surface area contributed by atoms with E-state index in [0.29, 0.717) is 45.9 Å². The second-order valence-corrected chi connectivity index (χ2v) is 7.40. The number of anilines is 1. The van der Waals surface area contributed by atoms with Crippen molar-refractivity contribution in [2.75, 3.05) is 26.6 Å². The van der Waals surface area contributed by atoms with E-state index in [1.807, 2.05) is 36.4 Å². The van der Waals surface area contributed by atoms with Gasteiger partial charge in [0.05, 0.1) is 32.0 Å². The number of carbonyl (C=O) groups is 1. The Kier molecular flexibility index (Phi) is 8.38. The van der Waals surface area contributed by atoms with Crippen molar-refractivity contribution in [3.8, 4) is 29.1 Å². The molecule has 3 aromatic carbocycles. The fourth-order valence-corrected chi connectivity index (χ4v) is 3.32.